The van der Waals surface area contributed by atoms with Crippen molar-refractivity contribution in [3.8, 4) is 11.3 Å². The largest absolute Gasteiger partial charge is 0.463 e. The first-order valence-electron chi connectivity index (χ1n) is 15.3. The molecule has 2 aromatic carbocycles. The maximum absolute atomic E-state index is 12.8. The number of anilines is 1. The summed E-state index contributed by atoms with van der Waals surface area (Å²) in [4.78, 5) is 26.2. The Bertz CT molecular complexity index is 1670. The minimum Gasteiger partial charge on any atom is -0.463 e. The van der Waals surface area contributed by atoms with Gasteiger partial charge < -0.3 is 18.9 Å². The molecule has 9 nitrogen and oxygen atoms in total. The van der Waals surface area contributed by atoms with Crippen LogP contribution in [-0.2, 0) is 30.7 Å². The molecule has 12 heteroatoms. The van der Waals surface area contributed by atoms with E-state index >= 15 is 0 Å². The van der Waals surface area contributed by atoms with Gasteiger partial charge in [0.25, 0.3) is 0 Å². The second-order valence-electron chi connectivity index (χ2n) is 12.4. The van der Waals surface area contributed by atoms with Gasteiger partial charge in [0.2, 0.25) is 0 Å². The van der Waals surface area contributed by atoms with E-state index < -0.39 is 33.4 Å². The van der Waals surface area contributed by atoms with E-state index in [0.29, 0.717) is 51.4 Å². The lowest BCUT2D eigenvalue weighted by molar-refractivity contribution is -0.145. The summed E-state index contributed by atoms with van der Waals surface area (Å²) in [5, 5.41) is 5.42. The van der Waals surface area contributed by atoms with Crippen molar-refractivity contribution in [2.75, 3.05) is 23.0 Å². The van der Waals surface area contributed by atoms with Gasteiger partial charge in [-0.1, -0.05) is 34.4 Å². The summed E-state index contributed by atoms with van der Waals surface area (Å²) in [5.41, 5.74) is 3.60. The minimum atomic E-state index is -3.64. The van der Waals surface area contributed by atoms with E-state index in [0.717, 1.165) is 49.2 Å². The molecule has 0 radical (unpaired) electrons. The van der Waals surface area contributed by atoms with Crippen molar-refractivity contribution in [1.29, 1.82) is 0 Å². The number of fused-ring (bicyclic) bond motifs is 2. The third-order valence-electron chi connectivity index (χ3n) is 8.96. The van der Waals surface area contributed by atoms with E-state index in [1.807, 2.05) is 18.2 Å². The van der Waals surface area contributed by atoms with Gasteiger partial charge in [0.1, 0.15) is 17.2 Å². The first-order chi connectivity index (χ1) is 21.5. The van der Waals surface area contributed by atoms with Gasteiger partial charge in [-0.05, 0) is 75.4 Å². The Balaban J connectivity index is 1.05. The number of nitrogens with zero attached hydrogens (tertiary/aromatic N) is 2. The van der Waals surface area contributed by atoms with Gasteiger partial charge in [0.05, 0.1) is 34.6 Å². The summed E-state index contributed by atoms with van der Waals surface area (Å²) in [5.74, 6) is -0.140. The SMILES string of the molecule is CC(=O)OC(C)CCS(=O)(=O)CC(=O)c1ccc(N2C[C@@H]3C[C@H]2C[C@H]3OCc2c(-c3c(Cl)cccc3Cl)noc2C2CC2)cc1. The van der Waals surface area contributed by atoms with Crippen molar-refractivity contribution in [3.05, 3.63) is 69.4 Å². The quantitative estimate of drug-likeness (QED) is 0.145. The van der Waals surface area contributed by atoms with Gasteiger partial charge in [0, 0.05) is 53.7 Å². The number of carbonyl (C=O) groups excluding carboxylic acids is 2. The zero-order chi connectivity index (χ0) is 31.9. The van der Waals surface area contributed by atoms with Gasteiger partial charge >= 0.3 is 5.97 Å². The molecular formula is C33H36Cl2N2O7S. The summed E-state index contributed by atoms with van der Waals surface area (Å²) in [6.07, 6.45) is 3.74. The molecule has 1 saturated heterocycles. The number of ketones is 1. The van der Waals surface area contributed by atoms with Gasteiger partial charge in [-0.15, -0.1) is 0 Å². The summed E-state index contributed by atoms with van der Waals surface area (Å²) >= 11 is 13.0. The highest BCUT2D eigenvalue weighted by Crippen LogP contribution is 2.47. The predicted molar refractivity (Wildman–Crippen MR) is 172 cm³/mol. The fourth-order valence-electron chi connectivity index (χ4n) is 6.55. The van der Waals surface area contributed by atoms with Crippen LogP contribution >= 0.6 is 23.2 Å². The van der Waals surface area contributed by atoms with Crippen molar-refractivity contribution in [1.82, 2.24) is 5.16 Å². The van der Waals surface area contributed by atoms with E-state index in [-0.39, 0.29) is 18.3 Å². The van der Waals surface area contributed by atoms with Crippen molar-refractivity contribution in [2.45, 2.75) is 76.7 Å². The zero-order valence-corrected chi connectivity index (χ0v) is 27.5. The zero-order valence-electron chi connectivity index (χ0n) is 25.2. The number of Topliss-reactive ketones (excluding diaryl/α,β-unsaturated/α-hetero) is 1. The van der Waals surface area contributed by atoms with Crippen LogP contribution in [0.3, 0.4) is 0 Å². The number of rotatable bonds is 13. The lowest BCUT2D eigenvalue weighted by Gasteiger charge is -2.33. The number of hydrogen-bond donors (Lipinski definition) is 0. The summed E-state index contributed by atoms with van der Waals surface area (Å²) < 4.78 is 42.3. The number of carbonyl (C=O) groups is 2. The Morgan fingerprint density at radius 3 is 2.42 bits per heavy atom. The molecule has 0 spiro atoms. The number of aromatic nitrogens is 1. The van der Waals surface area contributed by atoms with Crippen LogP contribution in [0.2, 0.25) is 10.0 Å². The van der Waals surface area contributed by atoms with Gasteiger partial charge in [-0.25, -0.2) is 8.42 Å². The maximum atomic E-state index is 12.8. The minimum absolute atomic E-state index is 0.0948. The van der Waals surface area contributed by atoms with Crippen LogP contribution in [0.4, 0.5) is 5.69 Å². The van der Waals surface area contributed by atoms with E-state index in [9.17, 15) is 18.0 Å². The second kappa shape index (κ2) is 13.1. The van der Waals surface area contributed by atoms with Crippen LogP contribution in [0.5, 0.6) is 0 Å². The first-order valence-corrected chi connectivity index (χ1v) is 17.9. The van der Waals surface area contributed by atoms with Crippen molar-refractivity contribution in [2.24, 2.45) is 5.92 Å². The number of piperidine rings is 1. The molecule has 1 unspecified atom stereocenters. The fourth-order valence-corrected chi connectivity index (χ4v) is 8.53. The molecular weight excluding hydrogens is 639 g/mol. The molecule has 2 bridgehead atoms. The van der Waals surface area contributed by atoms with Crippen LogP contribution in [0.25, 0.3) is 11.3 Å². The Labute approximate surface area is 273 Å². The third kappa shape index (κ3) is 7.24. The molecule has 0 N–H and O–H groups in total. The number of ether oxygens (including phenoxy) is 2. The average Bonchev–Trinajstić information content (AvgIpc) is 3.44. The standard InChI is InChI=1S/C33H36Cl2N2O7S/c1-19(43-20(2)38)12-13-45(40,41)18-29(39)21-8-10-24(11-9-21)37-16-23-14-25(37)15-30(23)42-17-26-32(36-44-33(26)22-6-7-22)31-27(34)4-3-5-28(31)35/h3-5,8-11,19,22-23,25,30H,6-7,12-18H2,1-2H3/t19?,23-,25-,30+/m0/s1. The normalized spacial score (nSPS) is 21.7. The Morgan fingerprint density at radius 1 is 1.09 bits per heavy atom. The lowest BCUT2D eigenvalue weighted by Crippen LogP contribution is -2.38. The maximum Gasteiger partial charge on any atom is 0.302 e. The molecule has 2 aliphatic carbocycles. The fraction of sp³-hybridized carbons (Fsp3) is 0.485. The molecule has 4 atom stereocenters. The van der Waals surface area contributed by atoms with Gasteiger partial charge in [0.15, 0.2) is 15.6 Å². The second-order valence-corrected chi connectivity index (χ2v) is 15.4. The summed E-state index contributed by atoms with van der Waals surface area (Å²) in [7, 11) is -3.64. The van der Waals surface area contributed by atoms with Crippen LogP contribution in [-0.4, -0.2) is 61.6 Å². The molecule has 3 aromatic rings. The molecule has 6 rings (SSSR count). The Hall–Kier alpha value is -2.92. The third-order valence-corrected chi connectivity index (χ3v) is 11.1. The van der Waals surface area contributed by atoms with Gasteiger partial charge in [-0.2, -0.15) is 0 Å². The monoisotopic (exact) mass is 674 g/mol. The van der Waals surface area contributed by atoms with Crippen molar-refractivity contribution >= 4 is 50.5 Å². The number of halogens is 2. The molecule has 2 saturated carbocycles. The summed E-state index contributed by atoms with van der Waals surface area (Å²) in [6.45, 7) is 4.12. The van der Waals surface area contributed by atoms with Crippen LogP contribution in [0.1, 0.15) is 73.6 Å². The van der Waals surface area contributed by atoms with E-state index in [1.165, 1.54) is 6.92 Å². The first kappa shape index (κ1) is 32.0. The van der Waals surface area contributed by atoms with Crippen LogP contribution in [0, 0.1) is 5.92 Å². The predicted octanol–water partition coefficient (Wildman–Crippen LogP) is 6.65. The molecule has 3 aliphatic rings. The topological polar surface area (TPSA) is 116 Å². The number of hydrogen-bond acceptors (Lipinski definition) is 9. The van der Waals surface area contributed by atoms with E-state index in [4.69, 9.17) is 37.2 Å². The molecule has 0 amide bonds. The molecule has 45 heavy (non-hydrogen) atoms. The highest BCUT2D eigenvalue weighted by Gasteiger charge is 2.46. The molecule has 240 valence electrons. The molecule has 3 fully saturated rings. The van der Waals surface area contributed by atoms with Gasteiger partial charge in [-0.3, -0.25) is 9.59 Å². The Kier molecular flexibility index (Phi) is 9.30. The van der Waals surface area contributed by atoms with Crippen molar-refractivity contribution < 1.29 is 32.0 Å². The Morgan fingerprint density at radius 2 is 1.80 bits per heavy atom. The number of esters is 1. The summed E-state index contributed by atoms with van der Waals surface area (Å²) in [6, 6.07) is 12.9. The van der Waals surface area contributed by atoms with Crippen LogP contribution < -0.4 is 4.90 Å². The average molecular weight is 676 g/mol. The highest BCUT2D eigenvalue weighted by atomic mass is 35.5. The van der Waals surface area contributed by atoms with Crippen LogP contribution in [0.15, 0.2) is 47.0 Å². The molecule has 2 heterocycles. The number of sulfone groups is 1. The smallest absolute Gasteiger partial charge is 0.302 e. The molecule has 1 aromatic heterocycles. The van der Waals surface area contributed by atoms with Crippen molar-refractivity contribution in [3.63, 3.8) is 0 Å². The lowest BCUT2D eigenvalue weighted by atomic mass is 10.0. The highest BCUT2D eigenvalue weighted by molar-refractivity contribution is 7.92. The molecule has 1 aliphatic heterocycles. The number of benzene rings is 2. The van der Waals surface area contributed by atoms with E-state index in [2.05, 4.69) is 10.1 Å². The van der Waals surface area contributed by atoms with E-state index in [1.54, 1.807) is 31.2 Å².